The lowest BCUT2D eigenvalue weighted by atomic mass is 9.95. The van der Waals surface area contributed by atoms with Crippen LogP contribution in [0.3, 0.4) is 0 Å². The predicted octanol–water partition coefficient (Wildman–Crippen LogP) is 2.73. The number of benzene rings is 1. The van der Waals surface area contributed by atoms with Crippen molar-refractivity contribution in [2.24, 2.45) is 11.8 Å². The normalized spacial score (nSPS) is 18.0. The van der Waals surface area contributed by atoms with E-state index in [1.165, 1.54) is 4.90 Å². The molecule has 6 heteroatoms. The highest BCUT2D eigenvalue weighted by Gasteiger charge is 2.41. The maximum absolute atomic E-state index is 13.1. The SMILES string of the molecule is CCOC(=O)[C@H](C)C[C@@H](C)C(=O)N1c2ccccc2C[C@H]1C(=O)OCC. The van der Waals surface area contributed by atoms with Gasteiger partial charge in [-0.3, -0.25) is 14.5 Å². The summed E-state index contributed by atoms with van der Waals surface area (Å²) < 4.78 is 10.2. The molecule has 0 N–H and O–H groups in total. The Labute approximate surface area is 154 Å². The zero-order chi connectivity index (χ0) is 19.3. The number of hydrogen-bond acceptors (Lipinski definition) is 5. The molecule has 0 spiro atoms. The van der Waals surface area contributed by atoms with Crippen molar-refractivity contribution in [3.8, 4) is 0 Å². The van der Waals surface area contributed by atoms with Crippen LogP contribution in [-0.4, -0.2) is 37.1 Å². The summed E-state index contributed by atoms with van der Waals surface area (Å²) in [5, 5.41) is 0. The van der Waals surface area contributed by atoms with Crippen LogP contribution in [0.5, 0.6) is 0 Å². The van der Waals surface area contributed by atoms with Crippen LogP contribution in [-0.2, 0) is 30.3 Å². The quantitative estimate of drug-likeness (QED) is 0.698. The van der Waals surface area contributed by atoms with Crippen LogP contribution < -0.4 is 4.90 Å². The van der Waals surface area contributed by atoms with Gasteiger partial charge >= 0.3 is 11.9 Å². The molecule has 0 saturated carbocycles. The molecule has 2 rings (SSSR count). The van der Waals surface area contributed by atoms with E-state index >= 15 is 0 Å². The van der Waals surface area contributed by atoms with Gasteiger partial charge in [0.05, 0.1) is 19.1 Å². The van der Waals surface area contributed by atoms with Crippen LogP contribution in [0.2, 0.25) is 0 Å². The van der Waals surface area contributed by atoms with Gasteiger partial charge in [-0.1, -0.05) is 32.0 Å². The van der Waals surface area contributed by atoms with E-state index < -0.39 is 17.9 Å². The highest BCUT2D eigenvalue weighted by atomic mass is 16.5. The Morgan fingerprint density at radius 2 is 1.73 bits per heavy atom. The molecule has 1 aliphatic heterocycles. The van der Waals surface area contributed by atoms with Crippen molar-refractivity contribution in [1.29, 1.82) is 0 Å². The molecule has 142 valence electrons. The average Bonchev–Trinajstić information content (AvgIpc) is 3.01. The molecule has 6 nitrogen and oxygen atoms in total. The Morgan fingerprint density at radius 3 is 2.38 bits per heavy atom. The molecule has 0 radical (unpaired) electrons. The molecule has 0 aromatic heterocycles. The van der Waals surface area contributed by atoms with E-state index in [4.69, 9.17) is 9.47 Å². The molecular formula is C20H27NO5. The van der Waals surface area contributed by atoms with Gasteiger partial charge in [0.15, 0.2) is 0 Å². The Hall–Kier alpha value is -2.37. The van der Waals surface area contributed by atoms with Gasteiger partial charge in [0.1, 0.15) is 6.04 Å². The Kier molecular flexibility index (Phi) is 6.77. The Balaban J connectivity index is 2.19. The number of ether oxygens (including phenoxy) is 2. The average molecular weight is 361 g/mol. The highest BCUT2D eigenvalue weighted by Crippen LogP contribution is 2.34. The van der Waals surface area contributed by atoms with E-state index in [9.17, 15) is 14.4 Å². The van der Waals surface area contributed by atoms with Crippen LogP contribution in [0.25, 0.3) is 0 Å². The summed E-state index contributed by atoms with van der Waals surface area (Å²) in [5.41, 5.74) is 1.69. The molecule has 0 fully saturated rings. The third-order valence-corrected chi connectivity index (χ3v) is 4.59. The number of amides is 1. The monoisotopic (exact) mass is 361 g/mol. The number of hydrogen-bond donors (Lipinski definition) is 0. The first-order chi connectivity index (χ1) is 12.4. The van der Waals surface area contributed by atoms with Crippen LogP contribution in [0, 0.1) is 11.8 Å². The number of para-hydroxylation sites is 1. The molecular weight excluding hydrogens is 334 g/mol. The van der Waals surface area contributed by atoms with Gasteiger partial charge in [0.25, 0.3) is 0 Å². The van der Waals surface area contributed by atoms with Crippen molar-refractivity contribution < 1.29 is 23.9 Å². The number of anilines is 1. The first-order valence-electron chi connectivity index (χ1n) is 9.14. The van der Waals surface area contributed by atoms with Gasteiger partial charge in [0.2, 0.25) is 5.91 Å². The van der Waals surface area contributed by atoms with Gasteiger partial charge in [-0.15, -0.1) is 0 Å². The summed E-state index contributed by atoms with van der Waals surface area (Å²) in [4.78, 5) is 38.9. The molecule has 3 atom stereocenters. The summed E-state index contributed by atoms with van der Waals surface area (Å²) in [6.45, 7) is 7.61. The second kappa shape index (κ2) is 8.83. The van der Waals surface area contributed by atoms with E-state index in [1.807, 2.05) is 24.3 Å². The first-order valence-corrected chi connectivity index (χ1v) is 9.14. The second-order valence-corrected chi connectivity index (χ2v) is 6.60. The molecule has 1 amide bonds. The van der Waals surface area contributed by atoms with E-state index in [0.717, 1.165) is 11.3 Å². The maximum Gasteiger partial charge on any atom is 0.329 e. The number of esters is 2. The lowest BCUT2D eigenvalue weighted by Crippen LogP contribution is -2.46. The van der Waals surface area contributed by atoms with E-state index in [0.29, 0.717) is 19.4 Å². The fraction of sp³-hybridized carbons (Fsp3) is 0.550. The summed E-state index contributed by atoms with van der Waals surface area (Å²) >= 11 is 0. The lowest BCUT2D eigenvalue weighted by Gasteiger charge is -2.27. The van der Waals surface area contributed by atoms with Crippen LogP contribution in [0.4, 0.5) is 5.69 Å². The van der Waals surface area contributed by atoms with Crippen molar-refractivity contribution >= 4 is 23.5 Å². The first kappa shape index (κ1) is 19.9. The molecule has 0 bridgehead atoms. The molecule has 1 aliphatic rings. The maximum atomic E-state index is 13.1. The Bertz CT molecular complexity index is 672. The lowest BCUT2D eigenvalue weighted by molar-refractivity contribution is -0.149. The number of carbonyl (C=O) groups is 3. The fourth-order valence-electron chi connectivity index (χ4n) is 3.33. The summed E-state index contributed by atoms with van der Waals surface area (Å²) in [7, 11) is 0. The number of carbonyl (C=O) groups excluding carboxylic acids is 3. The third-order valence-electron chi connectivity index (χ3n) is 4.59. The zero-order valence-electron chi connectivity index (χ0n) is 15.9. The molecule has 1 aromatic carbocycles. The molecule has 1 aromatic rings. The standard InChI is InChI=1S/C20H27NO5/c1-5-25-19(23)14(4)11-13(3)18(22)21-16-10-8-7-9-15(16)12-17(21)20(24)26-6-2/h7-10,13-14,17H,5-6,11-12H2,1-4H3/t13-,14-,17+/m1/s1. The summed E-state index contributed by atoms with van der Waals surface area (Å²) in [6, 6.07) is 6.84. The second-order valence-electron chi connectivity index (χ2n) is 6.60. The van der Waals surface area contributed by atoms with Crippen molar-refractivity contribution in [3.05, 3.63) is 29.8 Å². The number of fused-ring (bicyclic) bond motifs is 1. The Morgan fingerprint density at radius 1 is 1.08 bits per heavy atom. The van der Waals surface area contributed by atoms with Crippen LogP contribution in [0.15, 0.2) is 24.3 Å². The topological polar surface area (TPSA) is 72.9 Å². The van der Waals surface area contributed by atoms with Crippen molar-refractivity contribution in [1.82, 2.24) is 0 Å². The summed E-state index contributed by atoms with van der Waals surface area (Å²) in [6.07, 6.45) is 0.812. The highest BCUT2D eigenvalue weighted by molar-refractivity contribution is 6.03. The summed E-state index contributed by atoms with van der Waals surface area (Å²) in [5.74, 6) is -1.69. The van der Waals surface area contributed by atoms with Gasteiger partial charge < -0.3 is 9.47 Å². The van der Waals surface area contributed by atoms with Gasteiger partial charge in [-0.05, 0) is 31.9 Å². The fourth-order valence-corrected chi connectivity index (χ4v) is 3.33. The molecule has 1 heterocycles. The van der Waals surface area contributed by atoms with Gasteiger partial charge in [0, 0.05) is 18.0 Å². The van der Waals surface area contributed by atoms with Crippen molar-refractivity contribution in [2.75, 3.05) is 18.1 Å². The van der Waals surface area contributed by atoms with E-state index in [2.05, 4.69) is 0 Å². The minimum atomic E-state index is -0.653. The zero-order valence-corrected chi connectivity index (χ0v) is 15.9. The number of nitrogens with zero attached hydrogens (tertiary/aromatic N) is 1. The van der Waals surface area contributed by atoms with Gasteiger partial charge in [-0.2, -0.15) is 0 Å². The minimum Gasteiger partial charge on any atom is -0.466 e. The predicted molar refractivity (Wildman–Crippen MR) is 97.6 cm³/mol. The van der Waals surface area contributed by atoms with Gasteiger partial charge in [-0.25, -0.2) is 4.79 Å². The van der Waals surface area contributed by atoms with E-state index in [1.54, 1.807) is 27.7 Å². The van der Waals surface area contributed by atoms with Crippen molar-refractivity contribution in [3.63, 3.8) is 0 Å². The smallest absolute Gasteiger partial charge is 0.329 e. The van der Waals surface area contributed by atoms with Crippen molar-refractivity contribution in [2.45, 2.75) is 46.6 Å². The largest absolute Gasteiger partial charge is 0.466 e. The minimum absolute atomic E-state index is 0.177. The number of rotatable bonds is 7. The molecule has 26 heavy (non-hydrogen) atoms. The molecule has 0 saturated heterocycles. The molecule has 0 unspecified atom stereocenters. The van der Waals surface area contributed by atoms with Crippen LogP contribution in [0.1, 0.15) is 39.7 Å². The van der Waals surface area contributed by atoms with E-state index in [-0.39, 0.29) is 24.4 Å². The third kappa shape index (κ3) is 4.23. The molecule has 0 aliphatic carbocycles. The van der Waals surface area contributed by atoms with Crippen LogP contribution >= 0.6 is 0 Å².